The molecule has 0 atom stereocenters. The molecule has 1 aliphatic carbocycles. The third kappa shape index (κ3) is 5.76. The van der Waals surface area contributed by atoms with Crippen LogP contribution >= 0.6 is 0 Å². The molecule has 0 aromatic heterocycles. The van der Waals surface area contributed by atoms with Gasteiger partial charge in [-0.3, -0.25) is 4.90 Å². The highest BCUT2D eigenvalue weighted by atomic mass is 16.5. The van der Waals surface area contributed by atoms with Crippen LogP contribution in [0.2, 0.25) is 0 Å². The van der Waals surface area contributed by atoms with Crippen LogP contribution in [0.15, 0.2) is 24.3 Å². The standard InChI is InChI=1S/C20H31NO3/c1-2-4-18(5-3-1)19-6-8-20(9-7-19)24-17-16-23-15-12-21-10-13-22-14-11-21/h6-9,18H,1-5,10-17H2. The van der Waals surface area contributed by atoms with Crippen molar-refractivity contribution in [3.8, 4) is 5.75 Å². The van der Waals surface area contributed by atoms with E-state index in [2.05, 4.69) is 29.2 Å². The van der Waals surface area contributed by atoms with E-state index in [1.54, 1.807) is 0 Å². The van der Waals surface area contributed by atoms with Crippen LogP contribution in [0, 0.1) is 0 Å². The number of benzene rings is 1. The molecule has 1 heterocycles. The third-order valence-electron chi connectivity index (χ3n) is 5.11. The minimum Gasteiger partial charge on any atom is -0.491 e. The Kier molecular flexibility index (Phi) is 7.39. The predicted octanol–water partition coefficient (Wildman–Crippen LogP) is 3.46. The first kappa shape index (κ1) is 17.7. The lowest BCUT2D eigenvalue weighted by atomic mass is 9.84. The zero-order chi connectivity index (χ0) is 16.5. The maximum Gasteiger partial charge on any atom is 0.119 e. The van der Waals surface area contributed by atoms with Crippen LogP contribution in [0.25, 0.3) is 0 Å². The summed E-state index contributed by atoms with van der Waals surface area (Å²) in [5.41, 5.74) is 1.48. The van der Waals surface area contributed by atoms with Gasteiger partial charge in [-0.05, 0) is 36.5 Å². The molecule has 134 valence electrons. The summed E-state index contributed by atoms with van der Waals surface area (Å²) in [6.45, 7) is 6.75. The van der Waals surface area contributed by atoms with Crippen LogP contribution in [-0.4, -0.2) is 57.6 Å². The topological polar surface area (TPSA) is 30.9 Å². The van der Waals surface area contributed by atoms with Gasteiger partial charge >= 0.3 is 0 Å². The summed E-state index contributed by atoms with van der Waals surface area (Å²) in [5.74, 6) is 1.71. The van der Waals surface area contributed by atoms with E-state index in [9.17, 15) is 0 Å². The van der Waals surface area contributed by atoms with Gasteiger partial charge in [0.05, 0.1) is 26.4 Å². The van der Waals surface area contributed by atoms with Gasteiger partial charge in [0.1, 0.15) is 12.4 Å². The van der Waals surface area contributed by atoms with Gasteiger partial charge in [-0.25, -0.2) is 0 Å². The molecule has 1 aromatic rings. The Bertz CT molecular complexity index is 450. The van der Waals surface area contributed by atoms with E-state index >= 15 is 0 Å². The molecule has 4 heteroatoms. The van der Waals surface area contributed by atoms with Crippen LogP contribution in [0.1, 0.15) is 43.6 Å². The largest absolute Gasteiger partial charge is 0.491 e. The molecule has 1 aliphatic heterocycles. The summed E-state index contributed by atoms with van der Waals surface area (Å²) in [6.07, 6.45) is 6.85. The molecule has 2 aliphatic rings. The van der Waals surface area contributed by atoms with Gasteiger partial charge in [0.2, 0.25) is 0 Å². The summed E-state index contributed by atoms with van der Waals surface area (Å²) in [7, 11) is 0. The molecule has 0 unspecified atom stereocenters. The molecular weight excluding hydrogens is 302 g/mol. The van der Waals surface area contributed by atoms with E-state index in [0.29, 0.717) is 13.2 Å². The van der Waals surface area contributed by atoms with Gasteiger partial charge in [0, 0.05) is 19.6 Å². The normalized spacial score (nSPS) is 20.2. The van der Waals surface area contributed by atoms with Gasteiger partial charge in [-0.1, -0.05) is 31.4 Å². The number of morpholine rings is 1. The Labute approximate surface area is 146 Å². The SMILES string of the molecule is c1cc(C2CCCCC2)ccc1OCCOCCN1CCOCC1. The van der Waals surface area contributed by atoms with Crippen molar-refractivity contribution in [1.29, 1.82) is 0 Å². The maximum atomic E-state index is 5.78. The van der Waals surface area contributed by atoms with Crippen molar-refractivity contribution in [3.63, 3.8) is 0 Å². The molecule has 3 rings (SSSR count). The summed E-state index contributed by atoms with van der Waals surface area (Å²) >= 11 is 0. The Balaban J connectivity index is 1.27. The predicted molar refractivity (Wildman–Crippen MR) is 95.8 cm³/mol. The summed E-state index contributed by atoms with van der Waals surface area (Å²) in [6, 6.07) is 8.70. The van der Waals surface area contributed by atoms with Gasteiger partial charge in [0.25, 0.3) is 0 Å². The van der Waals surface area contributed by atoms with Crippen molar-refractivity contribution in [2.24, 2.45) is 0 Å². The number of hydrogen-bond donors (Lipinski definition) is 0. The molecule has 0 amide bonds. The smallest absolute Gasteiger partial charge is 0.119 e. The lowest BCUT2D eigenvalue weighted by Crippen LogP contribution is -2.38. The Morgan fingerprint density at radius 1 is 0.917 bits per heavy atom. The van der Waals surface area contributed by atoms with E-state index in [4.69, 9.17) is 14.2 Å². The fourth-order valence-corrected chi connectivity index (χ4v) is 3.61. The van der Waals surface area contributed by atoms with Gasteiger partial charge in [-0.2, -0.15) is 0 Å². The fourth-order valence-electron chi connectivity index (χ4n) is 3.61. The zero-order valence-electron chi connectivity index (χ0n) is 14.8. The number of hydrogen-bond acceptors (Lipinski definition) is 4. The highest BCUT2D eigenvalue weighted by Gasteiger charge is 2.15. The zero-order valence-corrected chi connectivity index (χ0v) is 14.8. The van der Waals surface area contributed by atoms with Crippen LogP contribution in [-0.2, 0) is 9.47 Å². The average Bonchev–Trinajstić information content (AvgIpc) is 2.67. The van der Waals surface area contributed by atoms with Gasteiger partial charge < -0.3 is 14.2 Å². The molecule has 1 saturated heterocycles. The molecule has 2 fully saturated rings. The second-order valence-corrected chi connectivity index (χ2v) is 6.82. The van der Waals surface area contributed by atoms with Crippen molar-refractivity contribution < 1.29 is 14.2 Å². The second kappa shape index (κ2) is 10.0. The lowest BCUT2D eigenvalue weighted by Gasteiger charge is -2.26. The molecular formula is C20H31NO3. The van der Waals surface area contributed by atoms with Crippen LogP contribution in [0.5, 0.6) is 5.75 Å². The maximum absolute atomic E-state index is 5.78. The van der Waals surface area contributed by atoms with Gasteiger partial charge in [0.15, 0.2) is 0 Å². The molecule has 0 N–H and O–H groups in total. The van der Waals surface area contributed by atoms with Crippen molar-refractivity contribution in [3.05, 3.63) is 29.8 Å². The first-order valence-electron chi connectivity index (χ1n) is 9.52. The van der Waals surface area contributed by atoms with Crippen molar-refractivity contribution >= 4 is 0 Å². The molecule has 0 spiro atoms. The Hall–Kier alpha value is -1.10. The Morgan fingerprint density at radius 2 is 1.67 bits per heavy atom. The average molecular weight is 333 g/mol. The number of ether oxygens (including phenoxy) is 3. The van der Waals surface area contributed by atoms with E-state index in [1.165, 1.54) is 37.7 Å². The highest BCUT2D eigenvalue weighted by molar-refractivity contribution is 5.29. The van der Waals surface area contributed by atoms with Crippen molar-refractivity contribution in [1.82, 2.24) is 4.90 Å². The molecule has 4 nitrogen and oxygen atoms in total. The molecule has 24 heavy (non-hydrogen) atoms. The molecule has 1 saturated carbocycles. The van der Waals surface area contributed by atoms with Crippen LogP contribution in [0.4, 0.5) is 0 Å². The van der Waals surface area contributed by atoms with Gasteiger partial charge in [-0.15, -0.1) is 0 Å². The van der Waals surface area contributed by atoms with E-state index < -0.39 is 0 Å². The van der Waals surface area contributed by atoms with Crippen molar-refractivity contribution in [2.75, 3.05) is 52.7 Å². The fraction of sp³-hybridized carbons (Fsp3) is 0.700. The van der Waals surface area contributed by atoms with E-state index in [-0.39, 0.29) is 0 Å². The summed E-state index contributed by atoms with van der Waals surface area (Å²) in [4.78, 5) is 2.38. The quantitative estimate of drug-likeness (QED) is 0.682. The second-order valence-electron chi connectivity index (χ2n) is 6.82. The molecule has 0 bridgehead atoms. The van der Waals surface area contributed by atoms with Crippen molar-refractivity contribution in [2.45, 2.75) is 38.0 Å². The summed E-state index contributed by atoms with van der Waals surface area (Å²) in [5, 5.41) is 0. The van der Waals surface area contributed by atoms with Crippen LogP contribution < -0.4 is 4.74 Å². The minimum atomic E-state index is 0.617. The minimum absolute atomic E-state index is 0.617. The van der Waals surface area contributed by atoms with E-state index in [0.717, 1.165) is 51.1 Å². The molecule has 0 radical (unpaired) electrons. The lowest BCUT2D eigenvalue weighted by molar-refractivity contribution is 0.0170. The van der Waals surface area contributed by atoms with Crippen LogP contribution in [0.3, 0.4) is 0 Å². The Morgan fingerprint density at radius 3 is 2.42 bits per heavy atom. The number of rotatable bonds is 8. The first-order chi connectivity index (χ1) is 11.9. The number of nitrogens with zero attached hydrogens (tertiary/aromatic N) is 1. The first-order valence-corrected chi connectivity index (χ1v) is 9.52. The molecule has 1 aromatic carbocycles. The third-order valence-corrected chi connectivity index (χ3v) is 5.11. The van der Waals surface area contributed by atoms with E-state index in [1.807, 2.05) is 0 Å². The highest BCUT2D eigenvalue weighted by Crippen LogP contribution is 2.33. The monoisotopic (exact) mass is 333 g/mol. The summed E-state index contributed by atoms with van der Waals surface area (Å²) < 4.78 is 16.8.